The molecular weight excluding hydrogens is 244 g/mol. The molecule has 0 aromatic rings. The lowest BCUT2D eigenvalue weighted by Gasteiger charge is -2.27. The second-order valence-corrected chi connectivity index (χ2v) is 6.76. The average Bonchev–Trinajstić information content (AvgIpc) is 2.86. The molecule has 2 amide bonds. The van der Waals surface area contributed by atoms with Crippen LogP contribution in [0.1, 0.15) is 46.5 Å². The molecule has 3 N–H and O–H groups in total. The Hall–Kier alpha value is -0.810. The first-order valence-electron chi connectivity index (χ1n) is 7.23. The smallest absolute Gasteiger partial charge is 0.315 e. The van der Waals surface area contributed by atoms with Gasteiger partial charge in [0.25, 0.3) is 0 Å². The van der Waals surface area contributed by atoms with E-state index < -0.39 is 0 Å². The molecule has 5 heteroatoms. The molecule has 0 radical (unpaired) electrons. The van der Waals surface area contributed by atoms with E-state index in [0.29, 0.717) is 19.1 Å². The molecule has 0 saturated carbocycles. The predicted octanol–water partition coefficient (Wildman–Crippen LogP) is 1.40. The molecule has 0 aromatic carbocycles. The number of ether oxygens (including phenoxy) is 1. The fourth-order valence-corrected chi connectivity index (χ4v) is 3.20. The Labute approximate surface area is 115 Å². The van der Waals surface area contributed by atoms with Gasteiger partial charge in [-0.15, -0.1) is 0 Å². The number of carbonyl (C=O) groups excluding carboxylic acids is 1. The Morgan fingerprint density at radius 1 is 1.47 bits per heavy atom. The van der Waals surface area contributed by atoms with Crippen molar-refractivity contribution in [3.05, 3.63) is 0 Å². The van der Waals surface area contributed by atoms with Crippen molar-refractivity contribution in [2.45, 2.75) is 70.8 Å². The van der Waals surface area contributed by atoms with Gasteiger partial charge in [-0.1, -0.05) is 13.8 Å². The summed E-state index contributed by atoms with van der Waals surface area (Å²) in [5.74, 6) is 0. The van der Waals surface area contributed by atoms with Crippen molar-refractivity contribution in [3.63, 3.8) is 0 Å². The fraction of sp³-hybridized carbons (Fsp3) is 0.929. The summed E-state index contributed by atoms with van der Waals surface area (Å²) in [5, 5.41) is 15.3. The fourth-order valence-electron chi connectivity index (χ4n) is 3.20. The van der Waals surface area contributed by atoms with Crippen LogP contribution < -0.4 is 10.6 Å². The van der Waals surface area contributed by atoms with Crippen molar-refractivity contribution in [2.75, 3.05) is 6.54 Å². The molecule has 2 rings (SSSR count). The van der Waals surface area contributed by atoms with Gasteiger partial charge in [-0.25, -0.2) is 4.79 Å². The van der Waals surface area contributed by atoms with Crippen LogP contribution in [0.5, 0.6) is 0 Å². The number of hydrogen-bond acceptors (Lipinski definition) is 3. The van der Waals surface area contributed by atoms with Gasteiger partial charge in [0, 0.05) is 6.54 Å². The molecule has 4 atom stereocenters. The van der Waals surface area contributed by atoms with E-state index in [1.165, 1.54) is 0 Å². The minimum atomic E-state index is -0.348. The van der Waals surface area contributed by atoms with Crippen LogP contribution in [0.4, 0.5) is 4.79 Å². The number of urea groups is 1. The summed E-state index contributed by atoms with van der Waals surface area (Å²) in [4.78, 5) is 11.9. The molecule has 2 heterocycles. The van der Waals surface area contributed by atoms with E-state index in [9.17, 15) is 9.90 Å². The minimum absolute atomic E-state index is 0.101. The largest absolute Gasteiger partial charge is 0.393 e. The van der Waals surface area contributed by atoms with Gasteiger partial charge in [0.2, 0.25) is 0 Å². The van der Waals surface area contributed by atoms with Gasteiger partial charge in [-0.3, -0.25) is 0 Å². The molecule has 110 valence electrons. The summed E-state index contributed by atoms with van der Waals surface area (Å²) in [6.07, 6.45) is 4.01. The van der Waals surface area contributed by atoms with E-state index >= 15 is 0 Å². The van der Waals surface area contributed by atoms with Crippen molar-refractivity contribution in [3.8, 4) is 0 Å². The third kappa shape index (κ3) is 4.08. The SMILES string of the molecule is CC(O)CC(C)(C)CNC(=O)NC1CC2CCC1O2. The van der Waals surface area contributed by atoms with Gasteiger partial charge in [0.15, 0.2) is 0 Å². The zero-order chi connectivity index (χ0) is 14.0. The molecule has 19 heavy (non-hydrogen) atoms. The van der Waals surface area contributed by atoms with Crippen LogP contribution >= 0.6 is 0 Å². The van der Waals surface area contributed by atoms with Crippen molar-refractivity contribution in [1.82, 2.24) is 10.6 Å². The maximum atomic E-state index is 11.9. The Bertz CT molecular complexity index is 331. The highest BCUT2D eigenvalue weighted by molar-refractivity contribution is 5.74. The quantitative estimate of drug-likeness (QED) is 0.707. The first-order chi connectivity index (χ1) is 8.85. The Morgan fingerprint density at radius 3 is 2.74 bits per heavy atom. The van der Waals surface area contributed by atoms with Crippen molar-refractivity contribution in [2.24, 2.45) is 5.41 Å². The van der Waals surface area contributed by atoms with E-state index in [1.807, 2.05) is 13.8 Å². The van der Waals surface area contributed by atoms with E-state index in [-0.39, 0.29) is 29.7 Å². The lowest BCUT2D eigenvalue weighted by atomic mass is 9.87. The zero-order valence-electron chi connectivity index (χ0n) is 12.1. The second kappa shape index (κ2) is 5.67. The number of aliphatic hydroxyl groups is 1. The summed E-state index contributed by atoms with van der Waals surface area (Å²) in [6, 6.07) is 0.0402. The summed E-state index contributed by atoms with van der Waals surface area (Å²) in [7, 11) is 0. The molecule has 4 unspecified atom stereocenters. The normalized spacial score (nSPS) is 31.3. The van der Waals surface area contributed by atoms with Crippen LogP contribution in [-0.4, -0.2) is 42.0 Å². The zero-order valence-corrected chi connectivity index (χ0v) is 12.1. The minimum Gasteiger partial charge on any atom is -0.393 e. The molecule has 0 spiro atoms. The number of carbonyl (C=O) groups is 1. The molecule has 2 aliphatic rings. The molecule has 2 saturated heterocycles. The van der Waals surface area contributed by atoms with Crippen LogP contribution in [0.3, 0.4) is 0 Å². The Morgan fingerprint density at radius 2 is 2.21 bits per heavy atom. The highest BCUT2D eigenvalue weighted by atomic mass is 16.5. The summed E-state index contributed by atoms with van der Waals surface area (Å²) in [5.41, 5.74) is -0.101. The monoisotopic (exact) mass is 270 g/mol. The molecule has 2 bridgehead atoms. The molecule has 0 aliphatic carbocycles. The number of hydrogen-bond donors (Lipinski definition) is 3. The van der Waals surface area contributed by atoms with E-state index in [0.717, 1.165) is 19.3 Å². The molecule has 5 nitrogen and oxygen atoms in total. The highest BCUT2D eigenvalue weighted by Crippen LogP contribution is 2.34. The van der Waals surface area contributed by atoms with Gasteiger partial charge in [0.05, 0.1) is 24.4 Å². The average molecular weight is 270 g/mol. The second-order valence-electron chi connectivity index (χ2n) is 6.76. The van der Waals surface area contributed by atoms with Crippen LogP contribution in [-0.2, 0) is 4.74 Å². The van der Waals surface area contributed by atoms with Gasteiger partial charge >= 0.3 is 6.03 Å². The first-order valence-corrected chi connectivity index (χ1v) is 7.23. The lowest BCUT2D eigenvalue weighted by Crippen LogP contribution is -2.48. The van der Waals surface area contributed by atoms with E-state index in [1.54, 1.807) is 6.92 Å². The summed E-state index contributed by atoms with van der Waals surface area (Å²) < 4.78 is 5.71. The van der Waals surface area contributed by atoms with Crippen molar-refractivity contribution in [1.29, 1.82) is 0 Å². The number of nitrogens with one attached hydrogen (secondary N) is 2. The van der Waals surface area contributed by atoms with Gasteiger partial charge in [-0.2, -0.15) is 0 Å². The van der Waals surface area contributed by atoms with Gasteiger partial charge in [0.1, 0.15) is 0 Å². The third-order valence-corrected chi connectivity index (χ3v) is 4.00. The topological polar surface area (TPSA) is 70.6 Å². The first kappa shape index (κ1) is 14.6. The molecule has 2 fully saturated rings. The molecule has 0 aromatic heterocycles. The van der Waals surface area contributed by atoms with Crippen LogP contribution in [0.25, 0.3) is 0 Å². The summed E-state index contributed by atoms with van der Waals surface area (Å²) in [6.45, 7) is 6.42. The van der Waals surface area contributed by atoms with Gasteiger partial charge < -0.3 is 20.5 Å². The predicted molar refractivity (Wildman–Crippen MR) is 72.9 cm³/mol. The Kier molecular flexibility index (Phi) is 4.36. The maximum Gasteiger partial charge on any atom is 0.315 e. The standard InChI is InChI=1S/C14H26N2O3/c1-9(17)7-14(2,3)8-15-13(18)16-11-6-10-4-5-12(11)19-10/h9-12,17H,4-8H2,1-3H3,(H2,15,16,18). The lowest BCUT2D eigenvalue weighted by molar-refractivity contribution is 0.0979. The summed E-state index contributed by atoms with van der Waals surface area (Å²) >= 11 is 0. The number of aliphatic hydroxyl groups excluding tert-OH is 1. The molecular formula is C14H26N2O3. The van der Waals surface area contributed by atoms with Gasteiger partial charge in [-0.05, 0) is 38.0 Å². The number of fused-ring (bicyclic) bond motifs is 2. The van der Waals surface area contributed by atoms with Crippen LogP contribution in [0.15, 0.2) is 0 Å². The number of rotatable bonds is 5. The maximum absolute atomic E-state index is 11.9. The van der Waals surface area contributed by atoms with Crippen molar-refractivity contribution < 1.29 is 14.6 Å². The van der Waals surface area contributed by atoms with E-state index in [4.69, 9.17) is 4.74 Å². The van der Waals surface area contributed by atoms with Crippen LogP contribution in [0, 0.1) is 5.41 Å². The van der Waals surface area contributed by atoms with E-state index in [2.05, 4.69) is 10.6 Å². The van der Waals surface area contributed by atoms with Crippen molar-refractivity contribution >= 4 is 6.03 Å². The van der Waals surface area contributed by atoms with Crippen LogP contribution in [0.2, 0.25) is 0 Å². The molecule has 2 aliphatic heterocycles. The third-order valence-electron chi connectivity index (χ3n) is 4.00. The Balaban J connectivity index is 1.70. The number of amides is 2. The highest BCUT2D eigenvalue weighted by Gasteiger charge is 2.41.